The molecule has 0 unspecified atom stereocenters. The van der Waals surface area contributed by atoms with E-state index in [1.165, 1.54) is 17.0 Å². The van der Waals surface area contributed by atoms with E-state index in [-0.39, 0.29) is 37.4 Å². The van der Waals surface area contributed by atoms with Crippen molar-refractivity contribution in [1.29, 1.82) is 0 Å². The molecule has 290 valence electrons. The van der Waals surface area contributed by atoms with Crippen molar-refractivity contribution in [3.05, 3.63) is 58.7 Å². The van der Waals surface area contributed by atoms with Crippen LogP contribution in [0.4, 0.5) is 18.0 Å². The fourth-order valence-electron chi connectivity index (χ4n) is 5.09. The van der Waals surface area contributed by atoms with Crippen LogP contribution in [0.15, 0.2) is 42.6 Å². The molecule has 2 heterocycles. The summed E-state index contributed by atoms with van der Waals surface area (Å²) in [6, 6.07) is 9.94. The largest absolute Gasteiger partial charge is 0.573 e. The minimum Gasteiger partial charge on any atom is -0.474 e. The predicted octanol–water partition coefficient (Wildman–Crippen LogP) is 8.16. The maximum atomic E-state index is 13.0. The van der Waals surface area contributed by atoms with E-state index in [4.69, 9.17) is 36.3 Å². The van der Waals surface area contributed by atoms with Crippen molar-refractivity contribution in [2.24, 2.45) is 5.73 Å². The van der Waals surface area contributed by atoms with Gasteiger partial charge in [-0.1, -0.05) is 43.4 Å². The zero-order valence-corrected chi connectivity index (χ0v) is 32.6. The number of halogens is 4. The number of nitrogens with two attached hydrogens (primary N) is 1. The third-order valence-corrected chi connectivity index (χ3v) is 9.66. The quantitative estimate of drug-likeness (QED) is 0.0782. The lowest BCUT2D eigenvalue weighted by Gasteiger charge is -2.27. The van der Waals surface area contributed by atoms with Crippen molar-refractivity contribution in [2.45, 2.75) is 84.5 Å². The summed E-state index contributed by atoms with van der Waals surface area (Å²) in [6.45, 7) is 14.1. The standard InChI is InChI=1S/C36H47ClF3N5O7Si/c1-35(2,3)52-34(47)44(21-24-9-12-30(28(37)19-24)51-36(38,39)40)13-7-8-14-48-15-16-50-33-31-27(22-45(43-31)23-49-17-18-53(4,5)6)26-11-10-25(32(41)46)20-29(26)42-33/h9-12,19-20,22H,7-8,13-18,21,23H2,1-6H3,(H2,41,46). The highest BCUT2D eigenvalue weighted by molar-refractivity contribution is 6.76. The Balaban J connectivity index is 1.33. The molecular formula is C36H47ClF3N5O7Si. The number of carbonyl (C=O) groups excluding carboxylic acids is 2. The van der Waals surface area contributed by atoms with Gasteiger partial charge in [0.2, 0.25) is 11.8 Å². The van der Waals surface area contributed by atoms with Gasteiger partial charge in [-0.05, 0) is 69.5 Å². The van der Waals surface area contributed by atoms with Crippen molar-refractivity contribution >= 4 is 53.5 Å². The summed E-state index contributed by atoms with van der Waals surface area (Å²) in [6.07, 6.45) is -2.44. The molecule has 53 heavy (non-hydrogen) atoms. The van der Waals surface area contributed by atoms with Gasteiger partial charge < -0.3 is 34.3 Å². The topological polar surface area (TPSA) is 140 Å². The minimum atomic E-state index is -4.88. The number of hydrogen-bond donors (Lipinski definition) is 1. The maximum absolute atomic E-state index is 13.0. The smallest absolute Gasteiger partial charge is 0.474 e. The molecule has 0 aliphatic carbocycles. The Labute approximate surface area is 312 Å². The van der Waals surface area contributed by atoms with Gasteiger partial charge in [-0.25, -0.2) is 14.5 Å². The monoisotopic (exact) mass is 781 g/mol. The second-order valence-corrected chi connectivity index (χ2v) is 20.7. The summed E-state index contributed by atoms with van der Waals surface area (Å²) >= 11 is 6.02. The fourth-order valence-corrected chi connectivity index (χ4v) is 6.08. The van der Waals surface area contributed by atoms with E-state index in [0.29, 0.717) is 54.8 Å². The highest BCUT2D eigenvalue weighted by atomic mass is 35.5. The van der Waals surface area contributed by atoms with Crippen molar-refractivity contribution in [3.8, 4) is 11.6 Å². The van der Waals surface area contributed by atoms with Gasteiger partial charge in [-0.15, -0.1) is 13.2 Å². The van der Waals surface area contributed by atoms with Crippen LogP contribution in [0, 0.1) is 0 Å². The van der Waals surface area contributed by atoms with E-state index < -0.39 is 37.8 Å². The van der Waals surface area contributed by atoms with Crippen LogP contribution in [0.5, 0.6) is 11.6 Å². The number of rotatable bonds is 18. The van der Waals surface area contributed by atoms with Crippen LogP contribution in [-0.4, -0.2) is 84.7 Å². The van der Waals surface area contributed by atoms with E-state index >= 15 is 0 Å². The summed E-state index contributed by atoms with van der Waals surface area (Å²) in [5.74, 6) is -0.813. The lowest BCUT2D eigenvalue weighted by molar-refractivity contribution is -0.274. The molecule has 0 atom stereocenters. The zero-order chi connectivity index (χ0) is 39.0. The Hall–Kier alpha value is -4.12. The van der Waals surface area contributed by atoms with Crippen molar-refractivity contribution in [2.75, 3.05) is 33.0 Å². The van der Waals surface area contributed by atoms with E-state index in [1.54, 1.807) is 43.7 Å². The third kappa shape index (κ3) is 13.4. The number of carbonyl (C=O) groups is 2. The first kappa shape index (κ1) is 41.6. The first-order valence-corrected chi connectivity index (χ1v) is 21.3. The summed E-state index contributed by atoms with van der Waals surface area (Å²) in [5, 5.41) is 6.03. The molecule has 2 aromatic carbocycles. The summed E-state index contributed by atoms with van der Waals surface area (Å²) in [4.78, 5) is 30.9. The van der Waals surface area contributed by atoms with Crippen molar-refractivity contribution < 1.29 is 46.4 Å². The van der Waals surface area contributed by atoms with Crippen LogP contribution in [0.25, 0.3) is 21.8 Å². The predicted molar refractivity (Wildman–Crippen MR) is 198 cm³/mol. The van der Waals surface area contributed by atoms with Crippen molar-refractivity contribution in [1.82, 2.24) is 19.7 Å². The van der Waals surface area contributed by atoms with Crippen LogP contribution in [0.2, 0.25) is 30.7 Å². The van der Waals surface area contributed by atoms with Gasteiger partial charge in [0.1, 0.15) is 24.7 Å². The molecule has 0 radical (unpaired) electrons. The molecule has 0 bridgehead atoms. The lowest BCUT2D eigenvalue weighted by Crippen LogP contribution is -2.37. The molecule has 0 aliphatic heterocycles. The van der Waals surface area contributed by atoms with Gasteiger partial charge in [0, 0.05) is 56.9 Å². The first-order chi connectivity index (χ1) is 24.8. The Morgan fingerprint density at radius 3 is 2.38 bits per heavy atom. The van der Waals surface area contributed by atoms with E-state index in [0.717, 1.165) is 22.9 Å². The molecule has 0 fully saturated rings. The first-order valence-electron chi connectivity index (χ1n) is 17.2. The number of ether oxygens (including phenoxy) is 5. The molecule has 2 aromatic heterocycles. The molecule has 0 aliphatic rings. The number of unbranched alkanes of at least 4 members (excludes halogenated alkanes) is 1. The summed E-state index contributed by atoms with van der Waals surface area (Å²) < 4.78 is 66.9. The van der Waals surface area contributed by atoms with Crippen molar-refractivity contribution in [3.63, 3.8) is 0 Å². The molecule has 0 saturated heterocycles. The third-order valence-electron chi connectivity index (χ3n) is 7.66. The number of pyridine rings is 1. The number of aromatic nitrogens is 3. The summed E-state index contributed by atoms with van der Waals surface area (Å²) in [7, 11) is -1.25. The second-order valence-electron chi connectivity index (χ2n) is 14.7. The summed E-state index contributed by atoms with van der Waals surface area (Å²) in [5.41, 5.74) is 6.66. The SMILES string of the molecule is CC(C)(C)OC(=O)N(CCCCOCCOc1nc2cc(C(N)=O)ccc2c2cn(COCC[Si](C)(C)C)nc12)Cc1ccc(OC(F)(F)F)c(Cl)c1. The number of benzene rings is 2. The number of amides is 2. The maximum Gasteiger partial charge on any atom is 0.573 e. The molecule has 4 aromatic rings. The van der Waals surface area contributed by atoms with E-state index in [9.17, 15) is 22.8 Å². The van der Waals surface area contributed by atoms with Gasteiger partial charge >= 0.3 is 12.5 Å². The Morgan fingerprint density at radius 2 is 1.72 bits per heavy atom. The minimum absolute atomic E-state index is 0.0597. The van der Waals surface area contributed by atoms with Gasteiger partial charge in [0.05, 0.1) is 17.1 Å². The molecule has 12 nitrogen and oxygen atoms in total. The Morgan fingerprint density at radius 1 is 0.962 bits per heavy atom. The molecular weight excluding hydrogens is 735 g/mol. The number of primary amides is 1. The number of hydrogen-bond acceptors (Lipinski definition) is 9. The van der Waals surface area contributed by atoms with Gasteiger partial charge in [-0.3, -0.25) is 4.79 Å². The highest BCUT2D eigenvalue weighted by Gasteiger charge is 2.32. The lowest BCUT2D eigenvalue weighted by atomic mass is 10.1. The van der Waals surface area contributed by atoms with Crippen LogP contribution < -0.4 is 15.2 Å². The zero-order valence-electron chi connectivity index (χ0n) is 30.8. The number of nitrogens with zero attached hydrogens (tertiary/aromatic N) is 4. The molecule has 0 saturated carbocycles. The normalized spacial score (nSPS) is 12.3. The number of fused-ring (bicyclic) bond motifs is 3. The average molecular weight is 782 g/mol. The Bertz CT molecular complexity index is 1880. The second kappa shape index (κ2) is 17.8. The Kier molecular flexibility index (Phi) is 14.0. The van der Waals surface area contributed by atoms with Gasteiger partial charge in [-0.2, -0.15) is 5.10 Å². The molecule has 0 spiro atoms. The van der Waals surface area contributed by atoms with E-state index in [2.05, 4.69) is 34.5 Å². The van der Waals surface area contributed by atoms with Gasteiger partial charge in [0.25, 0.3) is 0 Å². The van der Waals surface area contributed by atoms with Crippen LogP contribution in [-0.2, 0) is 27.5 Å². The van der Waals surface area contributed by atoms with Gasteiger partial charge in [0.15, 0.2) is 5.52 Å². The molecule has 17 heteroatoms. The highest BCUT2D eigenvalue weighted by Crippen LogP contribution is 2.32. The fraction of sp³-hybridized carbons (Fsp3) is 0.500. The average Bonchev–Trinajstić information content (AvgIpc) is 3.47. The van der Waals surface area contributed by atoms with Crippen LogP contribution >= 0.6 is 11.6 Å². The van der Waals surface area contributed by atoms with Crippen LogP contribution in [0.3, 0.4) is 0 Å². The van der Waals surface area contributed by atoms with E-state index in [1.807, 2.05) is 6.20 Å². The molecule has 2 amide bonds. The molecule has 2 N–H and O–H groups in total. The molecule has 4 rings (SSSR count). The number of alkyl halides is 3. The van der Waals surface area contributed by atoms with Crippen LogP contribution in [0.1, 0.15) is 49.5 Å².